The average Bonchev–Trinajstić information content (AvgIpc) is 2.30. The molecule has 1 atom stereocenters. The van der Waals surface area contributed by atoms with Gasteiger partial charge in [0.25, 0.3) is 6.43 Å². The van der Waals surface area contributed by atoms with E-state index in [1.807, 2.05) is 6.92 Å². The number of nitrogens with two attached hydrogens (primary N) is 1. The molecule has 0 aliphatic rings. The highest BCUT2D eigenvalue weighted by Gasteiger charge is 2.12. The Kier molecular flexibility index (Phi) is 5.25. The molecule has 0 aliphatic heterocycles. The summed E-state index contributed by atoms with van der Waals surface area (Å²) in [6.07, 6.45) is -2.45. The third-order valence-corrected chi connectivity index (χ3v) is 2.45. The van der Waals surface area contributed by atoms with Gasteiger partial charge in [0.2, 0.25) is 0 Å². The Morgan fingerprint density at radius 3 is 2.59 bits per heavy atom. The maximum absolute atomic E-state index is 12.6. The molecule has 0 spiro atoms. The molecule has 1 aromatic rings. The van der Waals surface area contributed by atoms with Gasteiger partial charge in [0, 0.05) is 24.7 Å². The summed E-state index contributed by atoms with van der Waals surface area (Å²) < 4.78 is 25.1. The van der Waals surface area contributed by atoms with Crippen LogP contribution in [0.15, 0.2) is 36.4 Å². The van der Waals surface area contributed by atoms with Crippen molar-refractivity contribution >= 4 is 0 Å². The lowest BCUT2D eigenvalue weighted by Crippen LogP contribution is -2.29. The van der Waals surface area contributed by atoms with Gasteiger partial charge in [-0.05, 0) is 18.6 Å². The summed E-state index contributed by atoms with van der Waals surface area (Å²) in [6.45, 7) is 6.66. The molecule has 0 aliphatic carbocycles. The average molecular weight is 240 g/mol. The van der Waals surface area contributed by atoms with Gasteiger partial charge in [-0.15, -0.1) is 0 Å². The minimum atomic E-state index is -2.45. The Morgan fingerprint density at radius 2 is 2.06 bits per heavy atom. The fourth-order valence-electron chi connectivity index (χ4n) is 1.55. The topological polar surface area (TPSA) is 38.0 Å². The Bertz CT molecular complexity index is 377. The first-order chi connectivity index (χ1) is 8.04. The summed E-state index contributed by atoms with van der Waals surface area (Å²) in [6, 6.07) is 6.22. The minimum Gasteiger partial charge on any atom is -0.329 e. The van der Waals surface area contributed by atoms with Crippen LogP contribution in [-0.4, -0.2) is 13.1 Å². The molecule has 1 rings (SSSR count). The zero-order chi connectivity index (χ0) is 12.8. The predicted molar refractivity (Wildman–Crippen MR) is 66.0 cm³/mol. The lowest BCUT2D eigenvalue weighted by molar-refractivity contribution is 0.151. The SMILES string of the molecule is C=C(C)CNC(CN)c1cccc(C(F)F)c1. The molecular formula is C13H18F2N2. The number of halogens is 2. The first-order valence-electron chi connectivity index (χ1n) is 5.50. The van der Waals surface area contributed by atoms with Crippen LogP contribution in [0.5, 0.6) is 0 Å². The summed E-state index contributed by atoms with van der Waals surface area (Å²) in [7, 11) is 0. The number of nitrogens with one attached hydrogen (secondary N) is 1. The second-order valence-electron chi connectivity index (χ2n) is 4.10. The minimum absolute atomic E-state index is 0.0260. The highest BCUT2D eigenvalue weighted by Crippen LogP contribution is 2.22. The van der Waals surface area contributed by atoms with Gasteiger partial charge in [0.15, 0.2) is 0 Å². The molecule has 4 heteroatoms. The highest BCUT2D eigenvalue weighted by atomic mass is 19.3. The number of hydrogen-bond acceptors (Lipinski definition) is 2. The highest BCUT2D eigenvalue weighted by molar-refractivity contribution is 5.27. The van der Waals surface area contributed by atoms with Crippen LogP contribution in [0.1, 0.15) is 30.5 Å². The standard InChI is InChI=1S/C13H18F2N2/c1-9(2)8-17-12(7-16)10-4-3-5-11(6-10)13(14)15/h3-6,12-13,17H,1,7-8,16H2,2H3. The summed E-state index contributed by atoms with van der Waals surface area (Å²) in [5.41, 5.74) is 7.43. The van der Waals surface area contributed by atoms with Crippen molar-refractivity contribution in [3.8, 4) is 0 Å². The molecular weight excluding hydrogens is 222 g/mol. The van der Waals surface area contributed by atoms with Crippen LogP contribution in [0.2, 0.25) is 0 Å². The first-order valence-corrected chi connectivity index (χ1v) is 5.50. The molecule has 0 heterocycles. The van der Waals surface area contributed by atoms with Crippen molar-refractivity contribution < 1.29 is 8.78 Å². The van der Waals surface area contributed by atoms with Crippen LogP contribution < -0.4 is 11.1 Å². The van der Waals surface area contributed by atoms with Gasteiger partial charge in [-0.3, -0.25) is 0 Å². The molecule has 0 amide bonds. The van der Waals surface area contributed by atoms with E-state index in [2.05, 4.69) is 11.9 Å². The molecule has 3 N–H and O–H groups in total. The van der Waals surface area contributed by atoms with Crippen LogP contribution in [-0.2, 0) is 0 Å². The van der Waals surface area contributed by atoms with E-state index in [9.17, 15) is 8.78 Å². The molecule has 1 unspecified atom stereocenters. The van der Waals surface area contributed by atoms with Gasteiger partial charge in [-0.1, -0.05) is 30.4 Å². The molecule has 2 nitrogen and oxygen atoms in total. The van der Waals surface area contributed by atoms with Crippen molar-refractivity contribution in [2.24, 2.45) is 5.73 Å². The van der Waals surface area contributed by atoms with Gasteiger partial charge in [-0.2, -0.15) is 0 Å². The van der Waals surface area contributed by atoms with Crippen LogP contribution in [0, 0.1) is 0 Å². The van der Waals surface area contributed by atoms with Crippen LogP contribution >= 0.6 is 0 Å². The van der Waals surface area contributed by atoms with Crippen LogP contribution in [0.3, 0.4) is 0 Å². The normalized spacial score (nSPS) is 12.8. The molecule has 17 heavy (non-hydrogen) atoms. The van der Waals surface area contributed by atoms with Gasteiger partial charge in [0.05, 0.1) is 0 Å². The largest absolute Gasteiger partial charge is 0.329 e. The Labute approximate surface area is 101 Å². The van der Waals surface area contributed by atoms with Gasteiger partial charge >= 0.3 is 0 Å². The number of benzene rings is 1. The second-order valence-corrected chi connectivity index (χ2v) is 4.10. The predicted octanol–water partition coefficient (Wildman–Crippen LogP) is 2.79. The third kappa shape index (κ3) is 4.24. The Hall–Kier alpha value is -1.26. The van der Waals surface area contributed by atoms with E-state index in [1.54, 1.807) is 12.1 Å². The van der Waals surface area contributed by atoms with Crippen LogP contribution in [0.25, 0.3) is 0 Å². The van der Waals surface area contributed by atoms with Gasteiger partial charge in [0.1, 0.15) is 0 Å². The summed E-state index contributed by atoms with van der Waals surface area (Å²) in [5, 5.41) is 3.18. The van der Waals surface area contributed by atoms with Crippen molar-refractivity contribution in [1.82, 2.24) is 5.32 Å². The zero-order valence-electron chi connectivity index (χ0n) is 9.92. The fourth-order valence-corrected chi connectivity index (χ4v) is 1.55. The number of hydrogen-bond donors (Lipinski definition) is 2. The van der Waals surface area contributed by atoms with Crippen molar-refractivity contribution in [2.45, 2.75) is 19.4 Å². The van der Waals surface area contributed by atoms with E-state index in [1.165, 1.54) is 12.1 Å². The van der Waals surface area contributed by atoms with E-state index in [0.717, 1.165) is 11.1 Å². The maximum Gasteiger partial charge on any atom is 0.263 e. The van der Waals surface area contributed by atoms with Crippen molar-refractivity contribution in [3.63, 3.8) is 0 Å². The lowest BCUT2D eigenvalue weighted by atomic mass is 10.0. The van der Waals surface area contributed by atoms with E-state index >= 15 is 0 Å². The molecule has 94 valence electrons. The Balaban J connectivity index is 2.80. The molecule has 0 aromatic heterocycles. The van der Waals surface area contributed by atoms with Crippen molar-refractivity contribution in [2.75, 3.05) is 13.1 Å². The van der Waals surface area contributed by atoms with Crippen molar-refractivity contribution in [1.29, 1.82) is 0 Å². The van der Waals surface area contributed by atoms with Crippen LogP contribution in [0.4, 0.5) is 8.78 Å². The van der Waals surface area contributed by atoms with Gasteiger partial charge < -0.3 is 11.1 Å². The van der Waals surface area contributed by atoms with Crippen molar-refractivity contribution in [3.05, 3.63) is 47.5 Å². The third-order valence-electron chi connectivity index (χ3n) is 2.45. The molecule has 0 fully saturated rings. The van der Waals surface area contributed by atoms with E-state index in [4.69, 9.17) is 5.73 Å². The summed E-state index contributed by atoms with van der Waals surface area (Å²) in [5.74, 6) is 0. The number of rotatable bonds is 6. The summed E-state index contributed by atoms with van der Waals surface area (Å²) >= 11 is 0. The fraction of sp³-hybridized carbons (Fsp3) is 0.385. The van der Waals surface area contributed by atoms with E-state index in [0.29, 0.717) is 13.1 Å². The maximum atomic E-state index is 12.6. The molecule has 0 saturated heterocycles. The second kappa shape index (κ2) is 6.47. The first kappa shape index (κ1) is 13.8. The van der Waals surface area contributed by atoms with Gasteiger partial charge in [-0.25, -0.2) is 8.78 Å². The zero-order valence-corrected chi connectivity index (χ0v) is 9.92. The van der Waals surface area contributed by atoms with E-state index in [-0.39, 0.29) is 11.6 Å². The number of alkyl halides is 2. The quantitative estimate of drug-likeness (QED) is 0.750. The smallest absolute Gasteiger partial charge is 0.263 e. The summed E-state index contributed by atoms with van der Waals surface area (Å²) in [4.78, 5) is 0. The molecule has 0 radical (unpaired) electrons. The molecule has 0 bridgehead atoms. The lowest BCUT2D eigenvalue weighted by Gasteiger charge is -2.18. The Morgan fingerprint density at radius 1 is 1.41 bits per heavy atom. The monoisotopic (exact) mass is 240 g/mol. The molecule has 1 aromatic carbocycles. The molecule has 0 saturated carbocycles. The van der Waals surface area contributed by atoms with E-state index < -0.39 is 6.43 Å².